The van der Waals surface area contributed by atoms with Gasteiger partial charge in [0.1, 0.15) is 18.5 Å². The number of carbonyl (C=O) groups is 1. The van der Waals surface area contributed by atoms with Gasteiger partial charge in [-0.05, 0) is 43.4 Å². The number of aliphatic hydroxyl groups excluding tert-OH is 1. The molecule has 1 atom stereocenters. The van der Waals surface area contributed by atoms with Crippen molar-refractivity contribution < 1.29 is 14.6 Å². The van der Waals surface area contributed by atoms with Gasteiger partial charge in [0.25, 0.3) is 0 Å². The highest BCUT2D eigenvalue weighted by Gasteiger charge is 2.28. The molecule has 0 aromatic heterocycles. The fourth-order valence-electron chi connectivity index (χ4n) is 4.00. The van der Waals surface area contributed by atoms with Crippen molar-refractivity contribution in [3.8, 4) is 5.75 Å². The lowest BCUT2D eigenvalue weighted by Gasteiger charge is -2.30. The van der Waals surface area contributed by atoms with Crippen molar-refractivity contribution in [1.29, 1.82) is 0 Å². The fraction of sp³-hybridized carbons (Fsp3) is 0.346. The first-order valence-electron chi connectivity index (χ1n) is 10.8. The summed E-state index contributed by atoms with van der Waals surface area (Å²) >= 11 is 0. The van der Waals surface area contributed by atoms with Crippen LogP contribution in [0.25, 0.3) is 10.8 Å². The molecule has 5 nitrogen and oxygen atoms in total. The Labute approximate surface area is 195 Å². The van der Waals surface area contributed by atoms with Gasteiger partial charge in [-0.3, -0.25) is 4.79 Å². The van der Waals surface area contributed by atoms with Gasteiger partial charge in [0.2, 0.25) is 5.91 Å². The predicted octanol–water partition coefficient (Wildman–Crippen LogP) is 4.35. The molecule has 0 fully saturated rings. The number of carbonyl (C=O) groups excluding carboxylic acids is 1. The van der Waals surface area contributed by atoms with Crippen LogP contribution in [0.5, 0.6) is 5.75 Å². The molecule has 0 bridgehead atoms. The number of para-hydroxylation sites is 1. The third-order valence-electron chi connectivity index (χ3n) is 5.88. The van der Waals surface area contributed by atoms with Crippen LogP contribution in [0.1, 0.15) is 25.8 Å². The Balaban J connectivity index is 0.00000289. The number of aliphatic hydroxyl groups is 1. The number of benzene rings is 3. The molecule has 3 aromatic rings. The highest BCUT2D eigenvalue weighted by molar-refractivity contribution is 6.01. The van der Waals surface area contributed by atoms with Crippen LogP contribution in [-0.2, 0) is 11.2 Å². The van der Waals surface area contributed by atoms with Gasteiger partial charge in [-0.15, -0.1) is 12.4 Å². The van der Waals surface area contributed by atoms with Gasteiger partial charge < -0.3 is 20.1 Å². The quantitative estimate of drug-likeness (QED) is 0.504. The van der Waals surface area contributed by atoms with Crippen molar-refractivity contribution in [3.05, 3.63) is 72.3 Å². The molecule has 1 unspecified atom stereocenters. The number of nitrogens with one attached hydrogen (secondary N) is 1. The van der Waals surface area contributed by atoms with E-state index in [4.69, 9.17) is 4.74 Å². The van der Waals surface area contributed by atoms with Crippen molar-refractivity contribution in [2.24, 2.45) is 0 Å². The number of amides is 1. The van der Waals surface area contributed by atoms with Gasteiger partial charge >= 0.3 is 0 Å². The summed E-state index contributed by atoms with van der Waals surface area (Å²) in [6.45, 7) is 5.48. The molecule has 3 aromatic carbocycles. The zero-order valence-corrected chi connectivity index (χ0v) is 19.4. The fourth-order valence-corrected chi connectivity index (χ4v) is 4.00. The number of anilines is 1. The minimum Gasteiger partial charge on any atom is -0.490 e. The van der Waals surface area contributed by atoms with Gasteiger partial charge in [-0.2, -0.15) is 0 Å². The summed E-state index contributed by atoms with van der Waals surface area (Å²) in [7, 11) is 0. The Kier molecular flexibility index (Phi) is 7.77. The zero-order chi connectivity index (χ0) is 21.8. The first kappa shape index (κ1) is 24.1. The number of ether oxygens (including phenoxy) is 1. The van der Waals surface area contributed by atoms with E-state index in [9.17, 15) is 9.90 Å². The summed E-state index contributed by atoms with van der Waals surface area (Å²) in [5.41, 5.74) is 1.89. The Bertz CT molecular complexity index is 1060. The molecule has 0 spiro atoms. The molecule has 0 saturated heterocycles. The average Bonchev–Trinajstić information content (AvgIpc) is 3.10. The molecule has 1 aliphatic rings. The number of rotatable bonds is 9. The largest absolute Gasteiger partial charge is 0.490 e. The summed E-state index contributed by atoms with van der Waals surface area (Å²) in [6.07, 6.45) is 0.630. The van der Waals surface area contributed by atoms with Gasteiger partial charge in [0.05, 0.1) is 6.42 Å². The topological polar surface area (TPSA) is 61.8 Å². The van der Waals surface area contributed by atoms with Crippen molar-refractivity contribution in [3.63, 3.8) is 0 Å². The summed E-state index contributed by atoms with van der Waals surface area (Å²) in [6, 6.07) is 22.0. The molecule has 6 heteroatoms. The van der Waals surface area contributed by atoms with Crippen LogP contribution in [0, 0.1) is 0 Å². The lowest BCUT2D eigenvalue weighted by molar-refractivity contribution is -0.117. The summed E-state index contributed by atoms with van der Waals surface area (Å²) in [4.78, 5) is 14.3. The first-order chi connectivity index (χ1) is 14.9. The van der Waals surface area contributed by atoms with Gasteiger partial charge in [-0.25, -0.2) is 0 Å². The van der Waals surface area contributed by atoms with Gasteiger partial charge in [-0.1, -0.05) is 54.6 Å². The molecule has 32 heavy (non-hydrogen) atoms. The average molecular weight is 455 g/mol. The van der Waals surface area contributed by atoms with E-state index in [-0.39, 0.29) is 30.5 Å². The van der Waals surface area contributed by atoms with Crippen LogP contribution in [0.4, 0.5) is 5.69 Å². The van der Waals surface area contributed by atoms with E-state index in [1.165, 1.54) is 0 Å². The van der Waals surface area contributed by atoms with E-state index in [0.717, 1.165) is 34.2 Å². The molecule has 0 aliphatic carbocycles. The van der Waals surface area contributed by atoms with E-state index in [0.29, 0.717) is 19.5 Å². The van der Waals surface area contributed by atoms with Crippen molar-refractivity contribution in [2.75, 3.05) is 24.6 Å². The highest BCUT2D eigenvalue weighted by atomic mass is 35.5. The zero-order valence-electron chi connectivity index (χ0n) is 18.6. The smallest absolute Gasteiger partial charge is 0.231 e. The van der Waals surface area contributed by atoms with Crippen LogP contribution in [0.2, 0.25) is 0 Å². The lowest BCUT2D eigenvalue weighted by atomic mass is 10.00. The Morgan fingerprint density at radius 3 is 2.62 bits per heavy atom. The summed E-state index contributed by atoms with van der Waals surface area (Å²) in [5, 5.41) is 16.0. The Morgan fingerprint density at radius 1 is 1.06 bits per heavy atom. The lowest BCUT2D eigenvalue weighted by Crippen LogP contribution is -2.47. The molecule has 0 saturated carbocycles. The molecule has 1 amide bonds. The standard InChI is InChI=1S/C26H30N2O3.ClH/c1-26(2,14-15-28-23-12-6-4-9-20(23)16-25(28)30)27-17-21(29)18-31-24-13-7-10-19-8-3-5-11-22(19)24;/h3-13,21,27,29H,14-18H2,1-2H3;1H. The SMILES string of the molecule is CC(C)(CCN1C(=O)Cc2ccccc21)NCC(O)COc1cccc2ccccc12.Cl. The van der Waals surface area contributed by atoms with Gasteiger partial charge in [0, 0.05) is 29.7 Å². The molecular formula is C26H31ClN2O3. The van der Waals surface area contributed by atoms with Crippen LogP contribution >= 0.6 is 12.4 Å². The Morgan fingerprint density at radius 2 is 1.78 bits per heavy atom. The maximum atomic E-state index is 12.4. The Hall–Kier alpha value is -2.60. The third-order valence-corrected chi connectivity index (χ3v) is 5.88. The van der Waals surface area contributed by atoms with E-state index in [2.05, 4.69) is 19.2 Å². The summed E-state index contributed by atoms with van der Waals surface area (Å²) < 4.78 is 5.90. The second kappa shape index (κ2) is 10.3. The molecule has 4 rings (SSSR count). The number of fused-ring (bicyclic) bond motifs is 2. The predicted molar refractivity (Wildman–Crippen MR) is 132 cm³/mol. The maximum absolute atomic E-state index is 12.4. The highest BCUT2D eigenvalue weighted by Crippen LogP contribution is 2.29. The number of β-amino-alcohol motifs (C(OH)–C–C–N with tert-alkyl or cyclic N) is 1. The monoisotopic (exact) mass is 454 g/mol. The third kappa shape index (κ3) is 5.60. The van der Waals surface area contributed by atoms with E-state index < -0.39 is 6.10 Å². The van der Waals surface area contributed by atoms with E-state index in [1.54, 1.807) is 0 Å². The molecule has 170 valence electrons. The van der Waals surface area contributed by atoms with Crippen molar-refractivity contribution >= 4 is 34.8 Å². The van der Waals surface area contributed by atoms with E-state index >= 15 is 0 Å². The van der Waals surface area contributed by atoms with Crippen LogP contribution < -0.4 is 15.0 Å². The van der Waals surface area contributed by atoms with Crippen LogP contribution in [-0.4, -0.2) is 42.4 Å². The second-order valence-electron chi connectivity index (χ2n) is 8.81. The molecule has 1 heterocycles. The minimum absolute atomic E-state index is 0. The normalized spacial score (nSPS) is 14.2. The van der Waals surface area contributed by atoms with Crippen molar-refractivity contribution in [2.45, 2.75) is 38.3 Å². The molecule has 1 aliphatic heterocycles. The number of halogens is 1. The number of hydrogen-bond donors (Lipinski definition) is 2. The molecule has 2 N–H and O–H groups in total. The first-order valence-corrected chi connectivity index (χ1v) is 10.8. The van der Waals surface area contributed by atoms with E-state index in [1.807, 2.05) is 71.6 Å². The molecule has 0 radical (unpaired) electrons. The summed E-state index contributed by atoms with van der Waals surface area (Å²) in [5.74, 6) is 0.933. The van der Waals surface area contributed by atoms with Crippen LogP contribution in [0.3, 0.4) is 0 Å². The van der Waals surface area contributed by atoms with Crippen LogP contribution in [0.15, 0.2) is 66.7 Å². The second-order valence-corrected chi connectivity index (χ2v) is 8.81. The number of hydrogen-bond acceptors (Lipinski definition) is 4. The van der Waals surface area contributed by atoms with Gasteiger partial charge in [0.15, 0.2) is 0 Å². The number of nitrogens with zero attached hydrogens (tertiary/aromatic N) is 1. The minimum atomic E-state index is -0.632. The maximum Gasteiger partial charge on any atom is 0.231 e. The molecular weight excluding hydrogens is 424 g/mol. The van der Waals surface area contributed by atoms with Crippen molar-refractivity contribution in [1.82, 2.24) is 5.32 Å².